The molecule has 25 heavy (non-hydrogen) atoms. The summed E-state index contributed by atoms with van der Waals surface area (Å²) < 4.78 is 1.71. The van der Waals surface area contributed by atoms with Crippen molar-refractivity contribution < 1.29 is 0 Å². The molecule has 0 saturated heterocycles. The Bertz CT molecular complexity index is 919. The summed E-state index contributed by atoms with van der Waals surface area (Å²) in [6.07, 6.45) is 0.906. The van der Waals surface area contributed by atoms with Gasteiger partial charge < -0.3 is 11.5 Å². The molecule has 7 heteroatoms. The zero-order valence-corrected chi connectivity index (χ0v) is 16.8. The standard InChI is InChI=1S/C18H24ClN5S/c1-17(2,3)9-18(4,5)11-13(19)23-16-22-12(10-7-6-8-25-10)15(21)24(16)14(11)20/h6-8H,9,20-21H2,1-5H3. The number of hydrogen-bond donors (Lipinski definition) is 2. The zero-order chi connectivity index (χ0) is 18.6. The van der Waals surface area contributed by atoms with Crippen LogP contribution in [0.25, 0.3) is 16.3 Å². The Morgan fingerprint density at radius 1 is 1.12 bits per heavy atom. The Balaban J connectivity index is 2.24. The summed E-state index contributed by atoms with van der Waals surface area (Å²) in [4.78, 5) is 10.0. The van der Waals surface area contributed by atoms with Crippen LogP contribution in [0.4, 0.5) is 11.6 Å². The van der Waals surface area contributed by atoms with Crippen molar-refractivity contribution in [1.82, 2.24) is 14.4 Å². The van der Waals surface area contributed by atoms with Crippen molar-refractivity contribution >= 4 is 40.4 Å². The van der Waals surface area contributed by atoms with Gasteiger partial charge in [0, 0.05) is 5.56 Å². The summed E-state index contributed by atoms with van der Waals surface area (Å²) >= 11 is 8.10. The molecule has 0 aliphatic heterocycles. The van der Waals surface area contributed by atoms with E-state index in [0.717, 1.165) is 16.9 Å². The molecule has 0 saturated carbocycles. The average Bonchev–Trinajstić information content (AvgIpc) is 3.03. The Kier molecular flexibility index (Phi) is 4.24. The number of aromatic nitrogens is 3. The van der Waals surface area contributed by atoms with Crippen LogP contribution in [0, 0.1) is 5.41 Å². The third-order valence-electron chi connectivity index (χ3n) is 4.20. The molecule has 0 bridgehead atoms. The van der Waals surface area contributed by atoms with E-state index in [9.17, 15) is 0 Å². The van der Waals surface area contributed by atoms with Gasteiger partial charge in [0.2, 0.25) is 5.78 Å². The molecule has 0 amide bonds. The maximum atomic E-state index is 6.53. The van der Waals surface area contributed by atoms with E-state index < -0.39 is 0 Å². The van der Waals surface area contributed by atoms with Crippen molar-refractivity contribution in [2.75, 3.05) is 11.5 Å². The van der Waals surface area contributed by atoms with Gasteiger partial charge in [-0.2, -0.15) is 4.98 Å². The first-order valence-electron chi connectivity index (χ1n) is 8.18. The monoisotopic (exact) mass is 377 g/mol. The van der Waals surface area contributed by atoms with E-state index in [1.807, 2.05) is 17.5 Å². The molecule has 0 atom stereocenters. The molecule has 3 aromatic heterocycles. The molecule has 0 spiro atoms. The van der Waals surface area contributed by atoms with Crippen LogP contribution in [0.1, 0.15) is 46.6 Å². The van der Waals surface area contributed by atoms with Gasteiger partial charge in [-0.15, -0.1) is 11.3 Å². The predicted molar refractivity (Wildman–Crippen MR) is 107 cm³/mol. The number of halogens is 1. The van der Waals surface area contributed by atoms with E-state index in [1.54, 1.807) is 15.7 Å². The predicted octanol–water partition coefficient (Wildman–Crippen LogP) is 4.99. The molecule has 0 aliphatic rings. The van der Waals surface area contributed by atoms with Crippen molar-refractivity contribution in [2.24, 2.45) is 5.41 Å². The lowest BCUT2D eigenvalue weighted by Gasteiger charge is -2.34. The normalized spacial score (nSPS) is 12.9. The molecular formula is C18H24ClN5S. The lowest BCUT2D eigenvalue weighted by molar-refractivity contribution is 0.284. The third-order valence-corrected chi connectivity index (χ3v) is 5.35. The smallest absolute Gasteiger partial charge is 0.239 e. The number of fused-ring (bicyclic) bond motifs is 1. The van der Waals surface area contributed by atoms with E-state index in [1.165, 1.54) is 0 Å². The molecule has 0 radical (unpaired) electrons. The van der Waals surface area contributed by atoms with Crippen molar-refractivity contribution in [2.45, 2.75) is 46.5 Å². The summed E-state index contributed by atoms with van der Waals surface area (Å²) in [6, 6.07) is 3.94. The second-order valence-electron chi connectivity index (χ2n) is 8.24. The Morgan fingerprint density at radius 2 is 1.80 bits per heavy atom. The van der Waals surface area contributed by atoms with E-state index in [2.05, 4.69) is 44.6 Å². The maximum absolute atomic E-state index is 6.53. The summed E-state index contributed by atoms with van der Waals surface area (Å²) in [5.41, 5.74) is 14.3. The summed E-state index contributed by atoms with van der Waals surface area (Å²) in [6.45, 7) is 10.9. The molecule has 4 N–H and O–H groups in total. The van der Waals surface area contributed by atoms with Crippen LogP contribution >= 0.6 is 22.9 Å². The molecule has 3 heterocycles. The second kappa shape index (κ2) is 5.88. The van der Waals surface area contributed by atoms with Crippen molar-refractivity contribution in [3.8, 4) is 10.6 Å². The van der Waals surface area contributed by atoms with Gasteiger partial charge in [-0.25, -0.2) is 9.38 Å². The quantitative estimate of drug-likeness (QED) is 0.630. The highest BCUT2D eigenvalue weighted by Crippen LogP contribution is 2.43. The zero-order valence-electron chi connectivity index (χ0n) is 15.2. The van der Waals surface area contributed by atoms with Crippen LogP contribution in [0.3, 0.4) is 0 Å². The highest BCUT2D eigenvalue weighted by molar-refractivity contribution is 7.13. The summed E-state index contributed by atoms with van der Waals surface area (Å²) in [5.74, 6) is 1.43. The van der Waals surface area contributed by atoms with E-state index in [-0.39, 0.29) is 10.8 Å². The maximum Gasteiger partial charge on any atom is 0.239 e. The topological polar surface area (TPSA) is 82.2 Å². The average molecular weight is 378 g/mol. The van der Waals surface area contributed by atoms with Gasteiger partial charge in [0.15, 0.2) is 0 Å². The summed E-state index contributed by atoms with van der Waals surface area (Å²) in [5, 5.41) is 2.38. The Labute approximate surface area is 157 Å². The number of nitrogens with zero attached hydrogens (tertiary/aromatic N) is 3. The van der Waals surface area contributed by atoms with E-state index >= 15 is 0 Å². The van der Waals surface area contributed by atoms with Crippen molar-refractivity contribution in [3.05, 3.63) is 28.2 Å². The van der Waals surface area contributed by atoms with Crippen LogP contribution in [0.2, 0.25) is 5.15 Å². The van der Waals surface area contributed by atoms with Gasteiger partial charge in [-0.05, 0) is 28.7 Å². The van der Waals surface area contributed by atoms with Crippen molar-refractivity contribution in [3.63, 3.8) is 0 Å². The van der Waals surface area contributed by atoms with Gasteiger partial charge in [0.05, 0.1) is 4.88 Å². The minimum Gasteiger partial charge on any atom is -0.384 e. The fourth-order valence-electron chi connectivity index (χ4n) is 3.73. The number of nitrogen functional groups attached to an aromatic ring is 2. The lowest BCUT2D eigenvalue weighted by Crippen LogP contribution is -2.27. The highest BCUT2D eigenvalue weighted by atomic mass is 35.5. The van der Waals surface area contributed by atoms with Crippen molar-refractivity contribution in [1.29, 1.82) is 0 Å². The molecule has 5 nitrogen and oxygen atoms in total. The van der Waals surface area contributed by atoms with Gasteiger partial charge in [0.1, 0.15) is 22.5 Å². The van der Waals surface area contributed by atoms with Crippen LogP contribution in [-0.4, -0.2) is 14.4 Å². The number of anilines is 2. The van der Waals surface area contributed by atoms with Crippen LogP contribution < -0.4 is 11.5 Å². The molecule has 3 rings (SSSR count). The van der Waals surface area contributed by atoms with Gasteiger partial charge in [0.25, 0.3) is 0 Å². The first-order valence-corrected chi connectivity index (χ1v) is 9.44. The van der Waals surface area contributed by atoms with Crippen LogP contribution in [-0.2, 0) is 5.41 Å². The lowest BCUT2D eigenvalue weighted by atomic mass is 9.72. The fourth-order valence-corrected chi connectivity index (χ4v) is 4.88. The molecule has 0 aliphatic carbocycles. The largest absolute Gasteiger partial charge is 0.384 e. The third kappa shape index (κ3) is 3.20. The molecule has 0 fully saturated rings. The highest BCUT2D eigenvalue weighted by Gasteiger charge is 2.33. The number of imidazole rings is 1. The Morgan fingerprint density at radius 3 is 2.36 bits per heavy atom. The number of hydrogen-bond acceptors (Lipinski definition) is 5. The Hall–Kier alpha value is -1.79. The van der Waals surface area contributed by atoms with E-state index in [0.29, 0.717) is 28.3 Å². The molecular weight excluding hydrogens is 354 g/mol. The minimum atomic E-state index is -0.250. The molecule has 0 unspecified atom stereocenters. The van der Waals surface area contributed by atoms with E-state index in [4.69, 9.17) is 23.1 Å². The van der Waals surface area contributed by atoms with Crippen LogP contribution in [0.15, 0.2) is 17.5 Å². The first-order chi connectivity index (χ1) is 11.5. The van der Waals surface area contributed by atoms with Gasteiger partial charge in [-0.1, -0.05) is 52.3 Å². The second-order valence-corrected chi connectivity index (χ2v) is 9.55. The molecule has 134 valence electrons. The number of rotatable bonds is 3. The molecule has 0 aromatic carbocycles. The fraction of sp³-hybridized carbons (Fsp3) is 0.444. The van der Waals surface area contributed by atoms with Gasteiger partial charge >= 0.3 is 0 Å². The number of nitrogens with two attached hydrogens (primary N) is 2. The first kappa shape index (κ1) is 18.0. The SMILES string of the molecule is CC(C)(C)CC(C)(C)c1c(Cl)nc2nc(-c3cccs3)c(N)n2c1N. The number of thiophene rings is 1. The molecule has 3 aromatic rings. The van der Waals surface area contributed by atoms with Gasteiger partial charge in [-0.3, -0.25) is 0 Å². The van der Waals surface area contributed by atoms with Crippen LogP contribution in [0.5, 0.6) is 0 Å². The summed E-state index contributed by atoms with van der Waals surface area (Å²) in [7, 11) is 0. The minimum absolute atomic E-state index is 0.122.